The topological polar surface area (TPSA) is 58.3 Å². The summed E-state index contributed by atoms with van der Waals surface area (Å²) in [6.45, 7) is 2.82. The maximum absolute atomic E-state index is 9.20. The fraction of sp³-hybridized carbons (Fsp3) is 0.400. The van der Waals surface area contributed by atoms with Gasteiger partial charge >= 0.3 is 0 Å². The van der Waals surface area contributed by atoms with Gasteiger partial charge in [-0.25, -0.2) is 0 Å². The lowest BCUT2D eigenvalue weighted by molar-refractivity contribution is 0.196. The second-order valence-electron chi connectivity index (χ2n) is 3.14. The molecule has 0 amide bonds. The molecular weight excluding hydrogens is 164 g/mol. The van der Waals surface area contributed by atoms with Crippen LogP contribution in [0.1, 0.15) is 5.56 Å². The standard InChI is InChI=1S/C10H16N2O/c1-8-3-2-4-9(5-8)12-7-10(13)6-11/h2-5,10,12-13H,6-7,11H2,1H3. The predicted molar refractivity (Wildman–Crippen MR) is 54.7 cm³/mol. The van der Waals surface area contributed by atoms with Crippen LogP contribution in [0.25, 0.3) is 0 Å². The van der Waals surface area contributed by atoms with E-state index in [9.17, 15) is 5.11 Å². The number of nitrogens with two attached hydrogens (primary N) is 1. The van der Waals surface area contributed by atoms with Gasteiger partial charge in [0, 0.05) is 18.8 Å². The molecule has 0 aliphatic carbocycles. The Morgan fingerprint density at radius 2 is 2.31 bits per heavy atom. The lowest BCUT2D eigenvalue weighted by Gasteiger charge is -2.10. The number of aryl methyl sites for hydroxylation is 1. The molecule has 0 spiro atoms. The second-order valence-corrected chi connectivity index (χ2v) is 3.14. The first-order chi connectivity index (χ1) is 6.22. The first kappa shape index (κ1) is 10.0. The average molecular weight is 180 g/mol. The molecule has 1 atom stereocenters. The molecule has 3 heteroatoms. The number of aliphatic hydroxyl groups is 1. The summed E-state index contributed by atoms with van der Waals surface area (Å²) in [4.78, 5) is 0. The highest BCUT2D eigenvalue weighted by molar-refractivity contribution is 5.45. The maximum Gasteiger partial charge on any atom is 0.0834 e. The molecule has 3 nitrogen and oxygen atoms in total. The number of rotatable bonds is 4. The third-order valence-electron chi connectivity index (χ3n) is 1.83. The molecule has 1 aromatic rings. The van der Waals surface area contributed by atoms with Gasteiger partial charge in [0.05, 0.1) is 6.10 Å². The van der Waals surface area contributed by atoms with Crippen LogP contribution < -0.4 is 11.1 Å². The van der Waals surface area contributed by atoms with Crippen LogP contribution in [0.3, 0.4) is 0 Å². The lowest BCUT2D eigenvalue weighted by atomic mass is 10.2. The van der Waals surface area contributed by atoms with Crippen molar-refractivity contribution in [3.63, 3.8) is 0 Å². The Morgan fingerprint density at radius 1 is 1.54 bits per heavy atom. The summed E-state index contributed by atoms with van der Waals surface area (Å²) < 4.78 is 0. The van der Waals surface area contributed by atoms with Crippen molar-refractivity contribution in [1.82, 2.24) is 0 Å². The molecule has 0 saturated heterocycles. The van der Waals surface area contributed by atoms with Gasteiger partial charge in [-0.1, -0.05) is 12.1 Å². The Labute approximate surface area is 78.6 Å². The molecule has 0 radical (unpaired) electrons. The van der Waals surface area contributed by atoms with Crippen molar-refractivity contribution >= 4 is 5.69 Å². The molecule has 4 N–H and O–H groups in total. The summed E-state index contributed by atoms with van der Waals surface area (Å²) in [5.74, 6) is 0. The van der Waals surface area contributed by atoms with E-state index >= 15 is 0 Å². The zero-order chi connectivity index (χ0) is 9.68. The van der Waals surface area contributed by atoms with Crippen LogP contribution in [0.4, 0.5) is 5.69 Å². The van der Waals surface area contributed by atoms with Crippen molar-refractivity contribution in [2.24, 2.45) is 5.73 Å². The third-order valence-corrected chi connectivity index (χ3v) is 1.83. The molecule has 0 aromatic heterocycles. The maximum atomic E-state index is 9.20. The quantitative estimate of drug-likeness (QED) is 0.640. The minimum Gasteiger partial charge on any atom is -0.390 e. The van der Waals surface area contributed by atoms with E-state index in [2.05, 4.69) is 5.32 Å². The van der Waals surface area contributed by atoms with Gasteiger partial charge in [0.1, 0.15) is 0 Å². The number of hydrogen-bond donors (Lipinski definition) is 3. The van der Waals surface area contributed by atoms with Gasteiger partial charge in [0.15, 0.2) is 0 Å². The number of hydrogen-bond acceptors (Lipinski definition) is 3. The Balaban J connectivity index is 2.45. The molecule has 0 aliphatic heterocycles. The highest BCUT2D eigenvalue weighted by Crippen LogP contribution is 2.08. The van der Waals surface area contributed by atoms with Gasteiger partial charge < -0.3 is 16.2 Å². The van der Waals surface area contributed by atoms with Crippen LogP contribution in [-0.2, 0) is 0 Å². The van der Waals surface area contributed by atoms with Crippen molar-refractivity contribution < 1.29 is 5.11 Å². The highest BCUT2D eigenvalue weighted by Gasteiger charge is 1.99. The van der Waals surface area contributed by atoms with Gasteiger partial charge in [-0.15, -0.1) is 0 Å². The smallest absolute Gasteiger partial charge is 0.0834 e. The van der Waals surface area contributed by atoms with Crippen LogP contribution in [0.2, 0.25) is 0 Å². The molecule has 0 fully saturated rings. The van der Waals surface area contributed by atoms with Crippen molar-refractivity contribution in [3.8, 4) is 0 Å². The van der Waals surface area contributed by atoms with E-state index in [-0.39, 0.29) is 0 Å². The second kappa shape index (κ2) is 4.84. The van der Waals surface area contributed by atoms with Crippen LogP contribution >= 0.6 is 0 Å². The monoisotopic (exact) mass is 180 g/mol. The zero-order valence-corrected chi connectivity index (χ0v) is 7.83. The van der Waals surface area contributed by atoms with Crippen molar-refractivity contribution in [1.29, 1.82) is 0 Å². The summed E-state index contributed by atoms with van der Waals surface area (Å²) in [6, 6.07) is 8.01. The zero-order valence-electron chi connectivity index (χ0n) is 7.83. The van der Waals surface area contributed by atoms with Crippen LogP contribution in [0, 0.1) is 6.92 Å². The summed E-state index contributed by atoms with van der Waals surface area (Å²) in [5, 5.41) is 12.3. The number of aliphatic hydroxyl groups excluding tert-OH is 1. The first-order valence-corrected chi connectivity index (χ1v) is 4.41. The lowest BCUT2D eigenvalue weighted by Crippen LogP contribution is -2.27. The Kier molecular flexibility index (Phi) is 3.73. The molecule has 0 aliphatic rings. The fourth-order valence-corrected chi connectivity index (χ4v) is 1.07. The number of benzene rings is 1. The van der Waals surface area contributed by atoms with E-state index in [1.807, 2.05) is 31.2 Å². The molecule has 72 valence electrons. The van der Waals surface area contributed by atoms with Gasteiger partial charge in [-0.2, -0.15) is 0 Å². The minimum atomic E-state index is -0.472. The van der Waals surface area contributed by atoms with Crippen LogP contribution in [-0.4, -0.2) is 24.3 Å². The van der Waals surface area contributed by atoms with Gasteiger partial charge in [-0.05, 0) is 24.6 Å². The number of nitrogens with one attached hydrogen (secondary N) is 1. The Bertz CT molecular complexity index is 263. The van der Waals surface area contributed by atoms with E-state index in [1.54, 1.807) is 0 Å². The van der Waals surface area contributed by atoms with E-state index < -0.39 is 6.10 Å². The van der Waals surface area contributed by atoms with Crippen molar-refractivity contribution in [2.45, 2.75) is 13.0 Å². The normalized spacial score (nSPS) is 12.5. The van der Waals surface area contributed by atoms with Crippen molar-refractivity contribution in [2.75, 3.05) is 18.4 Å². The summed E-state index contributed by atoms with van der Waals surface area (Å²) >= 11 is 0. The summed E-state index contributed by atoms with van der Waals surface area (Å²) in [7, 11) is 0. The highest BCUT2D eigenvalue weighted by atomic mass is 16.3. The molecular formula is C10H16N2O. The largest absolute Gasteiger partial charge is 0.390 e. The molecule has 13 heavy (non-hydrogen) atoms. The molecule has 1 unspecified atom stereocenters. The third kappa shape index (κ3) is 3.44. The fourth-order valence-electron chi connectivity index (χ4n) is 1.07. The minimum absolute atomic E-state index is 0.290. The Morgan fingerprint density at radius 3 is 2.92 bits per heavy atom. The molecule has 1 aromatic carbocycles. The van der Waals surface area contributed by atoms with E-state index in [1.165, 1.54) is 5.56 Å². The first-order valence-electron chi connectivity index (χ1n) is 4.41. The molecule has 0 saturated carbocycles. The number of anilines is 1. The van der Waals surface area contributed by atoms with E-state index in [0.717, 1.165) is 5.69 Å². The van der Waals surface area contributed by atoms with E-state index in [4.69, 9.17) is 5.73 Å². The van der Waals surface area contributed by atoms with E-state index in [0.29, 0.717) is 13.1 Å². The summed E-state index contributed by atoms with van der Waals surface area (Å²) in [6.07, 6.45) is -0.472. The SMILES string of the molecule is Cc1cccc(NCC(O)CN)c1. The molecule has 0 bridgehead atoms. The predicted octanol–water partition coefficient (Wildman–Crippen LogP) is 0.727. The van der Waals surface area contributed by atoms with Crippen LogP contribution in [0.15, 0.2) is 24.3 Å². The van der Waals surface area contributed by atoms with Gasteiger partial charge in [-0.3, -0.25) is 0 Å². The summed E-state index contributed by atoms with van der Waals surface area (Å²) in [5.41, 5.74) is 7.50. The van der Waals surface area contributed by atoms with Gasteiger partial charge in [0.2, 0.25) is 0 Å². The van der Waals surface area contributed by atoms with Gasteiger partial charge in [0.25, 0.3) is 0 Å². The molecule has 1 rings (SSSR count). The van der Waals surface area contributed by atoms with Crippen LogP contribution in [0.5, 0.6) is 0 Å². The molecule has 0 heterocycles. The average Bonchev–Trinajstić information content (AvgIpc) is 2.14. The Hall–Kier alpha value is -1.06. The van der Waals surface area contributed by atoms with Crippen molar-refractivity contribution in [3.05, 3.63) is 29.8 Å².